The van der Waals surface area contributed by atoms with Crippen LogP contribution in [0.1, 0.15) is 17.7 Å². The van der Waals surface area contributed by atoms with Crippen LogP contribution in [0.25, 0.3) is 0 Å². The normalized spacial score (nSPS) is 22.0. The molecule has 3 rings (SSSR count). The van der Waals surface area contributed by atoms with Crippen molar-refractivity contribution < 1.29 is 4.79 Å². The first-order chi connectivity index (χ1) is 9.72. The highest BCUT2D eigenvalue weighted by Crippen LogP contribution is 2.23. The van der Waals surface area contributed by atoms with Gasteiger partial charge in [-0.05, 0) is 31.5 Å². The third-order valence-corrected chi connectivity index (χ3v) is 5.27. The summed E-state index contributed by atoms with van der Waals surface area (Å²) in [5.74, 6) is 0.293. The largest absolute Gasteiger partial charge is 0.339 e. The summed E-state index contributed by atoms with van der Waals surface area (Å²) in [5.41, 5.74) is 0. The fourth-order valence-corrected chi connectivity index (χ4v) is 4.03. The fourth-order valence-electron chi connectivity index (χ4n) is 2.90. The van der Waals surface area contributed by atoms with Crippen LogP contribution >= 0.6 is 47.8 Å². The number of amides is 1. The molecular weight excluding hydrogens is 365 g/mol. The molecule has 1 amide bonds. The highest BCUT2D eigenvalue weighted by Gasteiger charge is 2.29. The maximum atomic E-state index is 12.3. The van der Waals surface area contributed by atoms with Crippen molar-refractivity contribution in [3.05, 3.63) is 21.3 Å². The van der Waals surface area contributed by atoms with Crippen molar-refractivity contribution in [3.63, 3.8) is 0 Å². The number of piperazine rings is 1. The summed E-state index contributed by atoms with van der Waals surface area (Å²) in [6.07, 6.45) is 2.11. The van der Waals surface area contributed by atoms with Gasteiger partial charge in [-0.3, -0.25) is 9.69 Å². The van der Waals surface area contributed by atoms with E-state index in [0.717, 1.165) is 56.4 Å². The molecule has 22 heavy (non-hydrogen) atoms. The van der Waals surface area contributed by atoms with Gasteiger partial charge >= 0.3 is 0 Å². The molecule has 0 saturated carbocycles. The van der Waals surface area contributed by atoms with Gasteiger partial charge < -0.3 is 10.2 Å². The number of carbonyl (C=O) groups excluding carboxylic acids is 1. The number of nitrogens with zero attached hydrogens (tertiary/aromatic N) is 2. The van der Waals surface area contributed by atoms with E-state index in [-0.39, 0.29) is 30.9 Å². The summed E-state index contributed by atoms with van der Waals surface area (Å²) < 4.78 is 0.848. The number of hydrogen-bond acceptors (Lipinski definition) is 4. The highest BCUT2D eigenvalue weighted by atomic mass is 35.5. The van der Waals surface area contributed by atoms with Crippen LogP contribution in [0.3, 0.4) is 0 Å². The minimum absolute atomic E-state index is 0. The number of nitrogens with one attached hydrogen (secondary N) is 1. The second-order valence-corrected chi connectivity index (χ2v) is 7.26. The van der Waals surface area contributed by atoms with Crippen molar-refractivity contribution in [2.24, 2.45) is 0 Å². The maximum absolute atomic E-state index is 12.3. The summed E-state index contributed by atoms with van der Waals surface area (Å²) in [4.78, 5) is 18.0. The number of halogens is 3. The molecule has 1 atom stereocenters. The van der Waals surface area contributed by atoms with E-state index in [1.54, 1.807) is 11.3 Å². The molecule has 1 N–H and O–H groups in total. The van der Waals surface area contributed by atoms with Crippen molar-refractivity contribution in [1.82, 2.24) is 15.1 Å². The molecule has 1 aromatic rings. The van der Waals surface area contributed by atoms with E-state index in [1.807, 2.05) is 11.0 Å². The smallest absolute Gasteiger partial charge is 0.239 e. The average molecular weight is 387 g/mol. The Balaban J connectivity index is 0.00000121. The van der Waals surface area contributed by atoms with Gasteiger partial charge in [0.05, 0.1) is 10.4 Å². The molecule has 0 unspecified atom stereocenters. The monoisotopic (exact) mass is 385 g/mol. The van der Waals surface area contributed by atoms with Crippen LogP contribution in [0.5, 0.6) is 0 Å². The minimum Gasteiger partial charge on any atom is -0.339 e. The summed E-state index contributed by atoms with van der Waals surface area (Å²) >= 11 is 7.60. The first kappa shape index (κ1) is 20.0. The first-order valence-corrected chi connectivity index (χ1v) is 8.40. The molecule has 0 aliphatic carbocycles. The Morgan fingerprint density at radius 2 is 2.00 bits per heavy atom. The van der Waals surface area contributed by atoms with E-state index >= 15 is 0 Å². The SMILES string of the molecule is Cl.Cl.O=C([C@@H]1CCCN1)N1CCN(Cc2ccc(Cl)s2)CC1. The van der Waals surface area contributed by atoms with Gasteiger partial charge in [0.1, 0.15) is 0 Å². The minimum atomic E-state index is 0. The van der Waals surface area contributed by atoms with Crippen molar-refractivity contribution in [1.29, 1.82) is 0 Å². The van der Waals surface area contributed by atoms with Gasteiger partial charge in [0.2, 0.25) is 5.91 Å². The van der Waals surface area contributed by atoms with Crippen LogP contribution < -0.4 is 5.32 Å². The summed E-state index contributed by atoms with van der Waals surface area (Å²) in [7, 11) is 0. The van der Waals surface area contributed by atoms with Gasteiger partial charge in [0, 0.05) is 37.6 Å². The Bertz CT molecular complexity index is 472. The molecule has 0 aromatic carbocycles. The molecule has 0 bridgehead atoms. The quantitative estimate of drug-likeness (QED) is 0.867. The lowest BCUT2D eigenvalue weighted by atomic mass is 10.2. The average Bonchev–Trinajstić information content (AvgIpc) is 3.11. The summed E-state index contributed by atoms with van der Waals surface area (Å²) in [6.45, 7) is 5.52. The Morgan fingerprint density at radius 1 is 1.27 bits per heavy atom. The molecule has 126 valence electrons. The topological polar surface area (TPSA) is 35.6 Å². The van der Waals surface area contributed by atoms with Crippen LogP contribution in [-0.2, 0) is 11.3 Å². The van der Waals surface area contributed by atoms with Crippen molar-refractivity contribution >= 4 is 53.7 Å². The van der Waals surface area contributed by atoms with E-state index in [4.69, 9.17) is 11.6 Å². The zero-order chi connectivity index (χ0) is 13.9. The molecule has 8 heteroatoms. The van der Waals surface area contributed by atoms with Crippen LogP contribution in [0.15, 0.2) is 12.1 Å². The predicted octanol–water partition coefficient (Wildman–Crippen LogP) is 2.64. The van der Waals surface area contributed by atoms with E-state index in [2.05, 4.69) is 16.3 Å². The zero-order valence-electron chi connectivity index (χ0n) is 12.3. The number of carbonyl (C=O) groups is 1. The Kier molecular flexibility index (Phi) is 8.46. The summed E-state index contributed by atoms with van der Waals surface area (Å²) in [5, 5.41) is 3.29. The van der Waals surface area contributed by atoms with Crippen LogP contribution in [0.2, 0.25) is 4.34 Å². The van der Waals surface area contributed by atoms with E-state index in [1.165, 1.54) is 4.88 Å². The Morgan fingerprint density at radius 3 is 2.55 bits per heavy atom. The molecule has 2 fully saturated rings. The molecule has 2 aliphatic heterocycles. The van der Waals surface area contributed by atoms with Gasteiger partial charge in [-0.1, -0.05) is 11.6 Å². The second-order valence-electron chi connectivity index (χ2n) is 5.46. The second kappa shape index (κ2) is 9.30. The lowest BCUT2D eigenvalue weighted by molar-refractivity contribution is -0.134. The maximum Gasteiger partial charge on any atom is 0.239 e. The van der Waals surface area contributed by atoms with Crippen molar-refractivity contribution in [2.75, 3.05) is 32.7 Å². The molecule has 3 heterocycles. The third-order valence-electron chi connectivity index (χ3n) is 4.05. The van der Waals surface area contributed by atoms with Crippen LogP contribution in [-0.4, -0.2) is 54.5 Å². The molecule has 1 aromatic heterocycles. The highest BCUT2D eigenvalue weighted by molar-refractivity contribution is 7.16. The van der Waals surface area contributed by atoms with E-state index < -0.39 is 0 Å². The van der Waals surface area contributed by atoms with Crippen molar-refractivity contribution in [3.8, 4) is 0 Å². The summed E-state index contributed by atoms with van der Waals surface area (Å²) in [6, 6.07) is 4.11. The number of thiophene rings is 1. The third kappa shape index (κ3) is 4.98. The zero-order valence-corrected chi connectivity index (χ0v) is 15.5. The fraction of sp³-hybridized carbons (Fsp3) is 0.643. The molecule has 0 spiro atoms. The number of hydrogen-bond donors (Lipinski definition) is 1. The van der Waals surface area contributed by atoms with Crippen molar-refractivity contribution in [2.45, 2.75) is 25.4 Å². The van der Waals surface area contributed by atoms with Gasteiger partial charge in [0.15, 0.2) is 0 Å². The molecule has 2 aliphatic rings. The van der Waals surface area contributed by atoms with E-state index in [9.17, 15) is 4.79 Å². The lowest BCUT2D eigenvalue weighted by Gasteiger charge is -2.35. The van der Waals surface area contributed by atoms with Gasteiger partial charge in [0.25, 0.3) is 0 Å². The predicted molar refractivity (Wildman–Crippen MR) is 96.7 cm³/mol. The molecule has 2 saturated heterocycles. The number of rotatable bonds is 3. The molecule has 4 nitrogen and oxygen atoms in total. The van der Waals surface area contributed by atoms with E-state index in [0.29, 0.717) is 5.91 Å². The van der Waals surface area contributed by atoms with Gasteiger partial charge in [-0.15, -0.1) is 36.2 Å². The Labute approximate surface area is 153 Å². The van der Waals surface area contributed by atoms with Gasteiger partial charge in [-0.2, -0.15) is 0 Å². The van der Waals surface area contributed by atoms with Crippen LogP contribution in [0, 0.1) is 0 Å². The van der Waals surface area contributed by atoms with Gasteiger partial charge in [-0.25, -0.2) is 0 Å². The Hall–Kier alpha value is -0.0400. The first-order valence-electron chi connectivity index (χ1n) is 7.21. The molecular formula is C14H22Cl3N3OS. The lowest BCUT2D eigenvalue weighted by Crippen LogP contribution is -2.52. The standard InChI is InChI=1S/C14H20ClN3OS.2ClH/c15-13-4-3-11(20-13)10-17-6-8-18(9-7-17)14(19)12-2-1-5-16-12;;/h3-4,12,16H,1-2,5-10H2;2*1H/t12-;;/m0../s1. The van der Waals surface area contributed by atoms with Crippen LogP contribution in [0.4, 0.5) is 0 Å². The molecule has 0 radical (unpaired) electrons.